The maximum absolute atomic E-state index is 13.0. The minimum atomic E-state index is -0.280. The molecule has 154 valence electrons. The first-order valence-electron chi connectivity index (χ1n) is 9.40. The van der Waals surface area contributed by atoms with E-state index in [0.717, 1.165) is 33.3 Å². The fourth-order valence-corrected chi connectivity index (χ4v) is 4.08. The number of aromatic nitrogens is 4. The summed E-state index contributed by atoms with van der Waals surface area (Å²) in [5.41, 5.74) is 2.73. The molecule has 1 amide bonds. The van der Waals surface area contributed by atoms with Gasteiger partial charge in [0.1, 0.15) is 16.5 Å². The number of fused-ring (bicyclic) bond motifs is 1. The van der Waals surface area contributed by atoms with E-state index in [9.17, 15) is 4.79 Å². The van der Waals surface area contributed by atoms with E-state index in [4.69, 9.17) is 9.47 Å². The molecule has 0 atom stereocenters. The molecule has 9 heteroatoms. The Morgan fingerprint density at radius 3 is 2.73 bits per heavy atom. The van der Waals surface area contributed by atoms with Crippen LogP contribution < -0.4 is 14.8 Å². The van der Waals surface area contributed by atoms with Gasteiger partial charge in [-0.2, -0.15) is 9.61 Å². The smallest absolute Gasteiger partial charge is 0.259 e. The monoisotopic (exact) mass is 423 g/mol. The van der Waals surface area contributed by atoms with Gasteiger partial charge in [0.2, 0.25) is 4.96 Å². The number of hydrogen-bond acceptors (Lipinski definition) is 7. The number of ether oxygens (including phenoxy) is 2. The second-order valence-corrected chi connectivity index (χ2v) is 7.55. The summed E-state index contributed by atoms with van der Waals surface area (Å²) in [6, 6.07) is 11.0. The molecule has 0 aliphatic rings. The lowest BCUT2D eigenvalue weighted by molar-refractivity contribution is 0.102. The summed E-state index contributed by atoms with van der Waals surface area (Å²) in [7, 11) is 3.12. The lowest BCUT2D eigenvalue weighted by Gasteiger charge is -2.14. The molecule has 0 radical (unpaired) electrons. The van der Waals surface area contributed by atoms with Crippen molar-refractivity contribution in [2.45, 2.75) is 20.3 Å². The zero-order valence-corrected chi connectivity index (χ0v) is 17.9. The van der Waals surface area contributed by atoms with E-state index in [0.29, 0.717) is 22.7 Å². The summed E-state index contributed by atoms with van der Waals surface area (Å²) in [4.78, 5) is 13.7. The van der Waals surface area contributed by atoms with Crippen LogP contribution in [-0.2, 0) is 6.42 Å². The molecule has 2 heterocycles. The topological polar surface area (TPSA) is 90.6 Å². The van der Waals surface area contributed by atoms with Gasteiger partial charge in [-0.15, -0.1) is 10.2 Å². The third kappa shape index (κ3) is 3.48. The number of nitrogens with zero attached hydrogens (tertiary/aromatic N) is 4. The molecule has 0 bridgehead atoms. The summed E-state index contributed by atoms with van der Waals surface area (Å²) in [5, 5.41) is 16.6. The Morgan fingerprint density at radius 2 is 2.00 bits per heavy atom. The Morgan fingerprint density at radius 1 is 1.17 bits per heavy atom. The van der Waals surface area contributed by atoms with Crippen molar-refractivity contribution in [3.63, 3.8) is 0 Å². The van der Waals surface area contributed by atoms with Gasteiger partial charge in [-0.25, -0.2) is 0 Å². The number of carbonyl (C=O) groups excluding carboxylic acids is 1. The van der Waals surface area contributed by atoms with E-state index >= 15 is 0 Å². The Bertz CT molecular complexity index is 1230. The average Bonchev–Trinajstić information content (AvgIpc) is 3.34. The Kier molecular flexibility index (Phi) is 5.37. The number of carbonyl (C=O) groups is 1. The van der Waals surface area contributed by atoms with Crippen molar-refractivity contribution in [3.05, 3.63) is 53.3 Å². The Labute approximate surface area is 177 Å². The van der Waals surface area contributed by atoms with Crippen LogP contribution in [0.25, 0.3) is 15.5 Å². The van der Waals surface area contributed by atoms with Gasteiger partial charge in [0.25, 0.3) is 5.91 Å². The molecule has 8 nitrogen and oxygen atoms in total. The number of hydrogen-bond donors (Lipinski definition) is 1. The van der Waals surface area contributed by atoms with Gasteiger partial charge < -0.3 is 14.8 Å². The van der Waals surface area contributed by atoms with Crippen molar-refractivity contribution in [2.75, 3.05) is 19.5 Å². The third-order valence-electron chi connectivity index (χ3n) is 4.73. The van der Waals surface area contributed by atoms with Crippen molar-refractivity contribution >= 4 is 27.9 Å². The second kappa shape index (κ2) is 8.11. The normalized spacial score (nSPS) is 10.9. The molecule has 30 heavy (non-hydrogen) atoms. The summed E-state index contributed by atoms with van der Waals surface area (Å²) in [6.07, 6.45) is 0.743. The lowest BCUT2D eigenvalue weighted by atomic mass is 10.1. The van der Waals surface area contributed by atoms with Crippen LogP contribution in [0, 0.1) is 6.92 Å². The van der Waals surface area contributed by atoms with Crippen LogP contribution in [0.3, 0.4) is 0 Å². The number of amides is 1. The molecular weight excluding hydrogens is 402 g/mol. The number of rotatable bonds is 6. The largest absolute Gasteiger partial charge is 0.496 e. The molecular formula is C21H21N5O3S. The van der Waals surface area contributed by atoms with Crippen molar-refractivity contribution in [2.24, 2.45) is 0 Å². The number of nitrogens with one attached hydrogen (secondary N) is 1. The van der Waals surface area contributed by atoms with E-state index in [1.54, 1.807) is 24.8 Å². The van der Waals surface area contributed by atoms with E-state index in [2.05, 4.69) is 20.6 Å². The molecule has 0 saturated heterocycles. The summed E-state index contributed by atoms with van der Waals surface area (Å²) >= 11 is 1.44. The average molecular weight is 423 g/mol. The number of para-hydroxylation sites is 1. The SMILES string of the molecule is CCc1nnc2sc(-c3ccc(OC)c(NC(=O)c4cccc(C)c4OC)c3)nn12. The minimum Gasteiger partial charge on any atom is -0.496 e. The highest BCUT2D eigenvalue weighted by molar-refractivity contribution is 7.19. The highest BCUT2D eigenvalue weighted by Gasteiger charge is 2.18. The van der Waals surface area contributed by atoms with Crippen LogP contribution in [-0.4, -0.2) is 39.9 Å². The molecule has 2 aromatic carbocycles. The minimum absolute atomic E-state index is 0.280. The molecule has 4 rings (SSSR count). The molecule has 2 aromatic heterocycles. The first-order chi connectivity index (χ1) is 14.5. The predicted octanol–water partition coefficient (Wildman–Crippen LogP) is 3.99. The van der Waals surface area contributed by atoms with E-state index < -0.39 is 0 Å². The van der Waals surface area contributed by atoms with Crippen LogP contribution in [0.1, 0.15) is 28.7 Å². The predicted molar refractivity (Wildman–Crippen MR) is 116 cm³/mol. The number of benzene rings is 2. The summed E-state index contributed by atoms with van der Waals surface area (Å²) < 4.78 is 12.6. The third-order valence-corrected chi connectivity index (χ3v) is 5.67. The lowest BCUT2D eigenvalue weighted by Crippen LogP contribution is -2.14. The van der Waals surface area contributed by atoms with Gasteiger partial charge >= 0.3 is 0 Å². The first-order valence-corrected chi connectivity index (χ1v) is 10.2. The zero-order chi connectivity index (χ0) is 21.3. The van der Waals surface area contributed by atoms with Crippen LogP contribution in [0.15, 0.2) is 36.4 Å². The molecule has 0 aliphatic heterocycles. The van der Waals surface area contributed by atoms with Crippen LogP contribution in [0.4, 0.5) is 5.69 Å². The number of aryl methyl sites for hydroxylation is 2. The van der Waals surface area contributed by atoms with E-state index in [1.165, 1.54) is 11.3 Å². The molecule has 4 aromatic rings. The molecule has 0 saturated carbocycles. The molecule has 1 N–H and O–H groups in total. The molecule has 0 fully saturated rings. The fraction of sp³-hybridized carbons (Fsp3) is 0.238. The number of anilines is 1. The second-order valence-electron chi connectivity index (χ2n) is 6.60. The standard InChI is InChI=1S/C21H21N5O3S/c1-5-17-23-24-21-26(17)25-20(30-21)13-9-10-16(28-3)15(11-13)22-19(27)14-8-6-7-12(2)18(14)29-4/h6-11H,5H2,1-4H3,(H,22,27). The van der Waals surface area contributed by atoms with E-state index in [1.807, 2.05) is 44.2 Å². The van der Waals surface area contributed by atoms with Gasteiger partial charge in [-0.05, 0) is 36.8 Å². The zero-order valence-electron chi connectivity index (χ0n) is 17.1. The summed E-state index contributed by atoms with van der Waals surface area (Å²) in [5.74, 6) is 1.63. The highest BCUT2D eigenvalue weighted by atomic mass is 32.1. The van der Waals surface area contributed by atoms with Gasteiger partial charge in [-0.3, -0.25) is 4.79 Å². The quantitative estimate of drug-likeness (QED) is 0.504. The molecule has 0 unspecified atom stereocenters. The van der Waals surface area contributed by atoms with Crippen LogP contribution in [0.5, 0.6) is 11.5 Å². The van der Waals surface area contributed by atoms with Gasteiger partial charge in [0.15, 0.2) is 5.82 Å². The Balaban J connectivity index is 1.70. The maximum atomic E-state index is 13.0. The van der Waals surface area contributed by atoms with Gasteiger partial charge in [0, 0.05) is 12.0 Å². The maximum Gasteiger partial charge on any atom is 0.259 e. The van der Waals surface area contributed by atoms with Gasteiger partial charge in [0.05, 0.1) is 25.5 Å². The van der Waals surface area contributed by atoms with Crippen molar-refractivity contribution in [3.8, 4) is 22.1 Å². The molecule has 0 spiro atoms. The summed E-state index contributed by atoms with van der Waals surface area (Å²) in [6.45, 7) is 3.91. The molecule has 0 aliphatic carbocycles. The number of methoxy groups -OCH3 is 2. The first kappa shape index (κ1) is 19.8. The van der Waals surface area contributed by atoms with E-state index in [-0.39, 0.29) is 5.91 Å². The Hall–Kier alpha value is -3.46. The van der Waals surface area contributed by atoms with Crippen LogP contribution in [0.2, 0.25) is 0 Å². The van der Waals surface area contributed by atoms with Crippen molar-refractivity contribution in [1.29, 1.82) is 0 Å². The van der Waals surface area contributed by atoms with Crippen molar-refractivity contribution < 1.29 is 14.3 Å². The van der Waals surface area contributed by atoms with Crippen LogP contribution >= 0.6 is 11.3 Å². The fourth-order valence-electron chi connectivity index (χ4n) is 3.23. The van der Waals surface area contributed by atoms with Crippen molar-refractivity contribution in [1.82, 2.24) is 19.8 Å². The highest BCUT2D eigenvalue weighted by Crippen LogP contribution is 2.34. The van der Waals surface area contributed by atoms with Gasteiger partial charge in [-0.1, -0.05) is 30.4 Å².